The van der Waals surface area contributed by atoms with E-state index in [1.54, 1.807) is 0 Å². The lowest BCUT2D eigenvalue weighted by molar-refractivity contribution is -0.138. The normalized spacial score (nSPS) is 17.9. The van der Waals surface area contributed by atoms with Crippen LogP contribution in [0, 0.1) is 18.8 Å². The Morgan fingerprint density at radius 1 is 0.903 bits per heavy atom. The van der Waals surface area contributed by atoms with Gasteiger partial charge < -0.3 is 4.90 Å². The van der Waals surface area contributed by atoms with Crippen molar-refractivity contribution in [2.24, 2.45) is 11.8 Å². The van der Waals surface area contributed by atoms with Gasteiger partial charge in [0.05, 0.1) is 5.57 Å². The van der Waals surface area contributed by atoms with Crippen LogP contribution in [0.2, 0.25) is 0 Å². The van der Waals surface area contributed by atoms with Gasteiger partial charge in [0, 0.05) is 19.6 Å². The highest BCUT2D eigenvalue weighted by Crippen LogP contribution is 2.35. The molecule has 4 heteroatoms. The van der Waals surface area contributed by atoms with Crippen LogP contribution in [-0.2, 0) is 16.0 Å². The van der Waals surface area contributed by atoms with Gasteiger partial charge in [-0.25, -0.2) is 0 Å². The Morgan fingerprint density at radius 2 is 1.55 bits per heavy atom. The lowest BCUT2D eigenvalue weighted by Crippen LogP contribution is -2.40. The molecule has 0 aromatic heterocycles. The number of amides is 2. The summed E-state index contributed by atoms with van der Waals surface area (Å²) >= 11 is 0. The summed E-state index contributed by atoms with van der Waals surface area (Å²) in [5.74, 6) is 0.573. The Morgan fingerprint density at radius 3 is 2.16 bits per heavy atom. The Labute approximate surface area is 185 Å². The van der Waals surface area contributed by atoms with Gasteiger partial charge in [0.15, 0.2) is 0 Å². The number of hydrogen-bond donors (Lipinski definition) is 0. The van der Waals surface area contributed by atoms with Gasteiger partial charge >= 0.3 is 0 Å². The molecule has 0 atom stereocenters. The average Bonchev–Trinajstić information content (AvgIpc) is 3.00. The molecular formula is C27H32N2O2. The second-order valence-corrected chi connectivity index (χ2v) is 9.32. The Balaban J connectivity index is 1.58. The summed E-state index contributed by atoms with van der Waals surface area (Å²) in [6, 6.07) is 18.6. The van der Waals surface area contributed by atoms with Gasteiger partial charge in [0.2, 0.25) is 0 Å². The first kappa shape index (κ1) is 21.4. The fraction of sp³-hybridized carbons (Fsp3) is 0.407. The maximum Gasteiger partial charge on any atom is 0.277 e. The summed E-state index contributed by atoms with van der Waals surface area (Å²) in [7, 11) is 0. The fourth-order valence-electron chi connectivity index (χ4n) is 4.68. The molecule has 4 nitrogen and oxygen atoms in total. The molecule has 0 N–H and O–H groups in total. The highest BCUT2D eigenvalue weighted by Gasteiger charge is 2.42. The number of hydrogen-bond acceptors (Lipinski definition) is 3. The van der Waals surface area contributed by atoms with Gasteiger partial charge in [-0.3, -0.25) is 14.5 Å². The van der Waals surface area contributed by atoms with Crippen LogP contribution in [0.4, 0.5) is 0 Å². The minimum atomic E-state index is -0.149. The van der Waals surface area contributed by atoms with Crippen molar-refractivity contribution in [2.45, 2.75) is 40.0 Å². The van der Waals surface area contributed by atoms with Crippen LogP contribution in [0.3, 0.4) is 0 Å². The standard InChI is InChI=1S/C27H32N2O2/c1-19(2)18-29-26(30)24(23-11-9-20(3)10-12-23)25(27(29)31)28-15-13-22(14-16-28)17-21-7-5-4-6-8-21/h4-12,19,22H,13-18H2,1-3H3. The number of carbonyl (C=O) groups is 2. The predicted octanol–water partition coefficient (Wildman–Crippen LogP) is 4.69. The molecule has 31 heavy (non-hydrogen) atoms. The summed E-state index contributed by atoms with van der Waals surface area (Å²) in [6.45, 7) is 8.20. The van der Waals surface area contributed by atoms with E-state index in [2.05, 4.69) is 35.2 Å². The van der Waals surface area contributed by atoms with Gasteiger partial charge in [-0.1, -0.05) is 74.0 Å². The van der Waals surface area contributed by atoms with Crippen molar-refractivity contribution in [1.29, 1.82) is 0 Å². The maximum absolute atomic E-state index is 13.4. The summed E-state index contributed by atoms with van der Waals surface area (Å²) in [5, 5.41) is 0. The molecule has 0 radical (unpaired) electrons. The lowest BCUT2D eigenvalue weighted by Gasteiger charge is -2.34. The van der Waals surface area contributed by atoms with E-state index < -0.39 is 0 Å². The van der Waals surface area contributed by atoms with E-state index in [1.165, 1.54) is 10.5 Å². The summed E-state index contributed by atoms with van der Waals surface area (Å²) in [6.07, 6.45) is 3.14. The third-order valence-corrected chi connectivity index (χ3v) is 6.33. The molecule has 2 aromatic rings. The Kier molecular flexibility index (Phi) is 6.26. The van der Waals surface area contributed by atoms with Gasteiger partial charge in [0.25, 0.3) is 11.8 Å². The molecule has 2 aliphatic rings. The minimum Gasteiger partial charge on any atom is -0.366 e. The van der Waals surface area contributed by atoms with Crippen molar-refractivity contribution in [3.63, 3.8) is 0 Å². The number of benzene rings is 2. The molecule has 0 aliphatic carbocycles. The zero-order valence-electron chi connectivity index (χ0n) is 18.8. The van der Waals surface area contributed by atoms with Gasteiger partial charge in [-0.05, 0) is 49.1 Å². The predicted molar refractivity (Wildman–Crippen MR) is 124 cm³/mol. The molecule has 4 rings (SSSR count). The van der Waals surface area contributed by atoms with Crippen molar-refractivity contribution in [3.05, 3.63) is 77.0 Å². The quantitative estimate of drug-likeness (QED) is 0.642. The SMILES string of the molecule is Cc1ccc(C2=C(N3CCC(Cc4ccccc4)CC3)C(=O)N(CC(C)C)C2=O)cc1. The number of aryl methyl sites for hydroxylation is 1. The Hall–Kier alpha value is -2.88. The number of nitrogens with zero attached hydrogens (tertiary/aromatic N) is 2. The van der Waals surface area contributed by atoms with Crippen LogP contribution in [0.15, 0.2) is 60.3 Å². The first-order valence-electron chi connectivity index (χ1n) is 11.4. The molecule has 0 bridgehead atoms. The third-order valence-electron chi connectivity index (χ3n) is 6.33. The molecule has 1 fully saturated rings. The zero-order chi connectivity index (χ0) is 22.0. The van der Waals surface area contributed by atoms with E-state index in [-0.39, 0.29) is 17.7 Å². The van der Waals surface area contributed by atoms with E-state index in [0.29, 0.717) is 23.7 Å². The average molecular weight is 417 g/mol. The summed E-state index contributed by atoms with van der Waals surface area (Å²) < 4.78 is 0. The molecule has 2 amide bonds. The smallest absolute Gasteiger partial charge is 0.277 e. The van der Waals surface area contributed by atoms with Crippen LogP contribution in [0.5, 0.6) is 0 Å². The largest absolute Gasteiger partial charge is 0.366 e. The number of piperidine rings is 1. The van der Waals surface area contributed by atoms with Crippen LogP contribution in [0.25, 0.3) is 5.57 Å². The molecule has 0 spiro atoms. The monoisotopic (exact) mass is 416 g/mol. The van der Waals surface area contributed by atoms with Gasteiger partial charge in [0.1, 0.15) is 5.70 Å². The summed E-state index contributed by atoms with van der Waals surface area (Å²) in [5.41, 5.74) is 4.54. The van der Waals surface area contributed by atoms with Crippen LogP contribution < -0.4 is 0 Å². The zero-order valence-corrected chi connectivity index (χ0v) is 18.8. The molecule has 162 valence electrons. The molecule has 0 unspecified atom stereocenters. The highest BCUT2D eigenvalue weighted by atomic mass is 16.2. The molecule has 2 aliphatic heterocycles. The molecule has 2 heterocycles. The number of imide groups is 1. The van der Waals surface area contributed by atoms with Crippen LogP contribution in [-0.4, -0.2) is 41.2 Å². The first-order chi connectivity index (χ1) is 14.9. The number of carbonyl (C=O) groups excluding carboxylic acids is 2. The van der Waals surface area contributed by atoms with Crippen molar-refractivity contribution in [2.75, 3.05) is 19.6 Å². The summed E-state index contributed by atoms with van der Waals surface area (Å²) in [4.78, 5) is 30.3. The van der Waals surface area contributed by atoms with Crippen molar-refractivity contribution >= 4 is 17.4 Å². The topological polar surface area (TPSA) is 40.6 Å². The maximum atomic E-state index is 13.4. The second-order valence-electron chi connectivity index (χ2n) is 9.32. The van der Waals surface area contributed by atoms with Crippen LogP contribution >= 0.6 is 0 Å². The molecule has 1 saturated heterocycles. The van der Waals surface area contributed by atoms with E-state index >= 15 is 0 Å². The third kappa shape index (κ3) is 4.58. The fourth-order valence-corrected chi connectivity index (χ4v) is 4.68. The highest BCUT2D eigenvalue weighted by molar-refractivity contribution is 6.35. The first-order valence-corrected chi connectivity index (χ1v) is 11.4. The van der Waals surface area contributed by atoms with Crippen LogP contribution in [0.1, 0.15) is 43.4 Å². The number of likely N-dealkylation sites (tertiary alicyclic amines) is 1. The van der Waals surface area contributed by atoms with Crippen molar-refractivity contribution in [1.82, 2.24) is 9.80 Å². The van der Waals surface area contributed by atoms with E-state index in [9.17, 15) is 9.59 Å². The van der Waals surface area contributed by atoms with Gasteiger partial charge in [-0.2, -0.15) is 0 Å². The van der Waals surface area contributed by atoms with Crippen molar-refractivity contribution in [3.8, 4) is 0 Å². The van der Waals surface area contributed by atoms with E-state index in [4.69, 9.17) is 0 Å². The lowest BCUT2D eigenvalue weighted by atomic mass is 9.89. The minimum absolute atomic E-state index is 0.129. The molecular weight excluding hydrogens is 384 g/mol. The number of rotatable bonds is 6. The second kappa shape index (κ2) is 9.09. The molecule has 0 saturated carbocycles. The van der Waals surface area contributed by atoms with Crippen molar-refractivity contribution < 1.29 is 9.59 Å². The van der Waals surface area contributed by atoms with Gasteiger partial charge in [-0.15, -0.1) is 0 Å². The van der Waals surface area contributed by atoms with E-state index in [0.717, 1.165) is 43.5 Å². The molecule has 2 aromatic carbocycles. The van der Waals surface area contributed by atoms with E-state index in [1.807, 2.05) is 45.0 Å². The Bertz CT molecular complexity index is 968.